The predicted molar refractivity (Wildman–Crippen MR) is 94.2 cm³/mol. The van der Waals surface area contributed by atoms with E-state index in [1.807, 2.05) is 18.2 Å². The average molecular weight is 328 g/mol. The monoisotopic (exact) mass is 328 g/mol. The number of carbonyl (C=O) groups is 1. The Labute approximate surface area is 144 Å². The molecule has 1 aliphatic carbocycles. The van der Waals surface area contributed by atoms with Crippen LogP contribution in [0, 0.1) is 5.92 Å². The first-order chi connectivity index (χ1) is 11.8. The van der Waals surface area contributed by atoms with Gasteiger partial charge >= 0.3 is 0 Å². The third-order valence-corrected chi connectivity index (χ3v) is 5.92. The molecule has 0 radical (unpaired) electrons. The molecule has 3 aliphatic rings. The number of nitrogens with one attached hydrogen (secondary N) is 2. The number of amides is 1. The zero-order valence-electron chi connectivity index (χ0n) is 14.3. The molecule has 3 fully saturated rings. The van der Waals surface area contributed by atoms with Crippen molar-refractivity contribution in [1.82, 2.24) is 20.7 Å². The van der Waals surface area contributed by atoms with Gasteiger partial charge in [0, 0.05) is 38.8 Å². The lowest BCUT2D eigenvalue weighted by atomic mass is 9.93. The summed E-state index contributed by atoms with van der Waals surface area (Å²) in [6.07, 6.45) is 5.45. The number of carbonyl (C=O) groups excluding carboxylic acids is 1. The van der Waals surface area contributed by atoms with E-state index in [1.54, 1.807) is 0 Å². The van der Waals surface area contributed by atoms with E-state index in [0.717, 1.165) is 32.2 Å². The topological polar surface area (TPSA) is 47.6 Å². The second kappa shape index (κ2) is 7.21. The van der Waals surface area contributed by atoms with Gasteiger partial charge in [-0.3, -0.25) is 15.1 Å². The van der Waals surface area contributed by atoms with Crippen molar-refractivity contribution in [2.75, 3.05) is 32.7 Å². The van der Waals surface area contributed by atoms with E-state index in [1.165, 1.54) is 31.2 Å². The van der Waals surface area contributed by atoms with Crippen LogP contribution in [-0.2, 0) is 4.79 Å². The standard InChI is InChI=1S/C19H28N4O/c24-19(17-14-20-21-18(17)15-6-2-1-3-7-15)23-12-10-22(11-13-23)16-8-4-5-9-16/h1-3,6-7,16-18,20-21H,4-5,8-14H2. The lowest BCUT2D eigenvalue weighted by Crippen LogP contribution is -2.53. The molecule has 1 amide bonds. The van der Waals surface area contributed by atoms with E-state index >= 15 is 0 Å². The molecule has 2 saturated heterocycles. The average Bonchev–Trinajstić information content (AvgIpc) is 3.34. The van der Waals surface area contributed by atoms with Crippen molar-refractivity contribution in [2.24, 2.45) is 5.92 Å². The summed E-state index contributed by atoms with van der Waals surface area (Å²) in [6, 6.07) is 11.1. The van der Waals surface area contributed by atoms with Gasteiger partial charge in [0.1, 0.15) is 0 Å². The van der Waals surface area contributed by atoms with Crippen molar-refractivity contribution in [3.8, 4) is 0 Å². The molecule has 130 valence electrons. The van der Waals surface area contributed by atoms with Crippen LogP contribution in [0.3, 0.4) is 0 Å². The molecule has 4 rings (SSSR count). The molecule has 0 spiro atoms. The van der Waals surface area contributed by atoms with Crippen LogP contribution in [0.25, 0.3) is 0 Å². The Morgan fingerprint density at radius 3 is 2.42 bits per heavy atom. The van der Waals surface area contributed by atoms with E-state index in [0.29, 0.717) is 12.5 Å². The Morgan fingerprint density at radius 2 is 1.71 bits per heavy atom. The molecule has 2 N–H and O–H groups in total. The molecule has 1 aromatic rings. The highest BCUT2D eigenvalue weighted by Crippen LogP contribution is 2.28. The Balaban J connectivity index is 1.37. The summed E-state index contributed by atoms with van der Waals surface area (Å²) in [5.74, 6) is 0.290. The maximum absolute atomic E-state index is 13.0. The third-order valence-electron chi connectivity index (χ3n) is 5.92. The molecule has 1 aromatic carbocycles. The van der Waals surface area contributed by atoms with Gasteiger partial charge in [-0.2, -0.15) is 0 Å². The van der Waals surface area contributed by atoms with E-state index in [-0.39, 0.29) is 12.0 Å². The van der Waals surface area contributed by atoms with Gasteiger partial charge in [-0.25, -0.2) is 5.43 Å². The van der Waals surface area contributed by atoms with Gasteiger partial charge in [0.2, 0.25) is 5.91 Å². The third kappa shape index (κ3) is 3.21. The summed E-state index contributed by atoms with van der Waals surface area (Å²) in [6.45, 7) is 4.56. The summed E-state index contributed by atoms with van der Waals surface area (Å²) >= 11 is 0. The van der Waals surface area contributed by atoms with Gasteiger partial charge in [-0.1, -0.05) is 43.2 Å². The normalized spacial score (nSPS) is 29.2. The molecule has 2 unspecified atom stereocenters. The molecule has 0 bridgehead atoms. The van der Waals surface area contributed by atoms with Crippen molar-refractivity contribution in [2.45, 2.75) is 37.8 Å². The summed E-state index contributed by atoms with van der Waals surface area (Å²) in [4.78, 5) is 17.7. The minimum absolute atomic E-state index is 0.00886. The molecule has 0 aromatic heterocycles. The molecule has 1 saturated carbocycles. The fourth-order valence-corrected chi connectivity index (χ4v) is 4.51. The van der Waals surface area contributed by atoms with Crippen molar-refractivity contribution in [3.63, 3.8) is 0 Å². The fraction of sp³-hybridized carbons (Fsp3) is 0.632. The number of hydrogen-bond donors (Lipinski definition) is 2. The fourth-order valence-electron chi connectivity index (χ4n) is 4.51. The molecule has 5 heteroatoms. The Hall–Kier alpha value is -1.43. The van der Waals surface area contributed by atoms with E-state index in [4.69, 9.17) is 0 Å². The lowest BCUT2D eigenvalue weighted by Gasteiger charge is -2.39. The van der Waals surface area contributed by atoms with Gasteiger partial charge in [-0.15, -0.1) is 0 Å². The Bertz CT molecular complexity index is 550. The minimum Gasteiger partial charge on any atom is -0.340 e. The Kier molecular flexibility index (Phi) is 4.83. The van der Waals surface area contributed by atoms with Gasteiger partial charge in [-0.05, 0) is 18.4 Å². The predicted octanol–water partition coefficient (Wildman–Crippen LogP) is 1.54. The van der Waals surface area contributed by atoms with Crippen molar-refractivity contribution < 1.29 is 4.79 Å². The molecule has 2 atom stereocenters. The van der Waals surface area contributed by atoms with Crippen LogP contribution in [0.2, 0.25) is 0 Å². The van der Waals surface area contributed by atoms with Gasteiger partial charge in [0.15, 0.2) is 0 Å². The van der Waals surface area contributed by atoms with Gasteiger partial charge in [0.25, 0.3) is 0 Å². The maximum Gasteiger partial charge on any atom is 0.229 e. The van der Waals surface area contributed by atoms with Crippen LogP contribution in [0.15, 0.2) is 30.3 Å². The molecule has 2 heterocycles. The highest BCUT2D eigenvalue weighted by molar-refractivity contribution is 5.80. The summed E-state index contributed by atoms with van der Waals surface area (Å²) in [5.41, 5.74) is 7.66. The first-order valence-electron chi connectivity index (χ1n) is 9.39. The highest BCUT2D eigenvalue weighted by Gasteiger charge is 2.37. The smallest absolute Gasteiger partial charge is 0.229 e. The molecular formula is C19H28N4O. The van der Waals surface area contributed by atoms with Crippen LogP contribution < -0.4 is 10.9 Å². The number of rotatable bonds is 3. The van der Waals surface area contributed by atoms with Crippen molar-refractivity contribution in [3.05, 3.63) is 35.9 Å². The summed E-state index contributed by atoms with van der Waals surface area (Å²) in [5, 5.41) is 0. The van der Waals surface area contributed by atoms with Crippen LogP contribution >= 0.6 is 0 Å². The summed E-state index contributed by atoms with van der Waals surface area (Å²) in [7, 11) is 0. The second-order valence-electron chi connectivity index (χ2n) is 7.32. The first kappa shape index (κ1) is 16.1. The van der Waals surface area contributed by atoms with Crippen molar-refractivity contribution in [1.29, 1.82) is 0 Å². The number of benzene rings is 1. The SMILES string of the molecule is O=C(C1CNNC1c1ccccc1)N1CCN(C2CCCC2)CC1. The second-order valence-corrected chi connectivity index (χ2v) is 7.32. The highest BCUT2D eigenvalue weighted by atomic mass is 16.2. The largest absolute Gasteiger partial charge is 0.340 e. The van der Waals surface area contributed by atoms with Crippen molar-refractivity contribution >= 4 is 5.91 Å². The minimum atomic E-state index is -0.00886. The number of hydrazine groups is 1. The number of hydrogen-bond acceptors (Lipinski definition) is 4. The summed E-state index contributed by atoms with van der Waals surface area (Å²) < 4.78 is 0. The zero-order chi connectivity index (χ0) is 16.4. The van der Waals surface area contributed by atoms with Crippen LogP contribution in [-0.4, -0.2) is 54.5 Å². The molecule has 2 aliphatic heterocycles. The quantitative estimate of drug-likeness (QED) is 0.884. The van der Waals surface area contributed by atoms with Crippen LogP contribution in [0.1, 0.15) is 37.3 Å². The first-order valence-corrected chi connectivity index (χ1v) is 9.39. The number of piperazine rings is 1. The maximum atomic E-state index is 13.0. The van der Waals surface area contributed by atoms with Crippen LogP contribution in [0.4, 0.5) is 0 Å². The lowest BCUT2D eigenvalue weighted by molar-refractivity contribution is -0.137. The van der Waals surface area contributed by atoms with Gasteiger partial charge in [0.05, 0.1) is 12.0 Å². The van der Waals surface area contributed by atoms with E-state index < -0.39 is 0 Å². The van der Waals surface area contributed by atoms with Gasteiger partial charge < -0.3 is 4.90 Å². The zero-order valence-corrected chi connectivity index (χ0v) is 14.3. The van der Waals surface area contributed by atoms with Crippen LogP contribution in [0.5, 0.6) is 0 Å². The van der Waals surface area contributed by atoms with E-state index in [9.17, 15) is 4.79 Å². The molecule has 5 nitrogen and oxygen atoms in total. The number of nitrogens with zero attached hydrogens (tertiary/aromatic N) is 2. The molecule has 24 heavy (non-hydrogen) atoms. The van der Waals surface area contributed by atoms with E-state index in [2.05, 4.69) is 32.8 Å². The molecular weight excluding hydrogens is 300 g/mol. The Morgan fingerprint density at radius 1 is 1.00 bits per heavy atom.